The zero-order chi connectivity index (χ0) is 13.9. The van der Waals surface area contributed by atoms with E-state index in [-0.39, 0.29) is 0 Å². The van der Waals surface area contributed by atoms with E-state index in [1.54, 1.807) is 0 Å². The molecule has 3 unspecified atom stereocenters. The first-order valence-electron chi connectivity index (χ1n) is 7.54. The summed E-state index contributed by atoms with van der Waals surface area (Å²) in [4.78, 5) is 0. The molecule has 2 aromatic carbocycles. The van der Waals surface area contributed by atoms with Crippen molar-refractivity contribution in [3.05, 3.63) is 48.0 Å². The maximum Gasteiger partial charge on any atom is 0.0294 e. The van der Waals surface area contributed by atoms with Crippen LogP contribution in [0.25, 0.3) is 10.8 Å². The monoisotopic (exact) mass is 285 g/mol. The van der Waals surface area contributed by atoms with Crippen LogP contribution in [0.15, 0.2) is 42.5 Å². The Kier molecular flexibility index (Phi) is 4.32. The number of nitrogens with one attached hydrogen (secondary N) is 1. The lowest BCUT2D eigenvalue weighted by molar-refractivity contribution is 0.462. The molecule has 1 aliphatic rings. The predicted octanol–water partition coefficient (Wildman–Crippen LogP) is 4.77. The van der Waals surface area contributed by atoms with Gasteiger partial charge in [-0.05, 0) is 54.8 Å². The molecule has 0 heterocycles. The number of thioether (sulfide) groups is 1. The topological polar surface area (TPSA) is 12.0 Å². The van der Waals surface area contributed by atoms with Crippen LogP contribution < -0.4 is 5.32 Å². The zero-order valence-electron chi connectivity index (χ0n) is 12.3. The van der Waals surface area contributed by atoms with Crippen molar-refractivity contribution in [1.29, 1.82) is 0 Å². The van der Waals surface area contributed by atoms with E-state index in [0.717, 1.165) is 5.25 Å². The molecule has 1 nitrogen and oxygen atoms in total. The molecule has 1 saturated carbocycles. The molecule has 3 atom stereocenters. The highest BCUT2D eigenvalue weighted by molar-refractivity contribution is 7.99. The largest absolute Gasteiger partial charge is 0.307 e. The molecule has 1 aliphatic carbocycles. The highest BCUT2D eigenvalue weighted by Gasteiger charge is 2.24. The van der Waals surface area contributed by atoms with Crippen LogP contribution in [0.2, 0.25) is 0 Å². The van der Waals surface area contributed by atoms with Crippen LogP contribution in [0, 0.1) is 0 Å². The number of fused-ring (bicyclic) bond motifs is 1. The van der Waals surface area contributed by atoms with Gasteiger partial charge in [-0.1, -0.05) is 36.4 Å². The fourth-order valence-corrected chi connectivity index (χ4v) is 4.03. The third-order valence-corrected chi connectivity index (χ3v) is 5.57. The van der Waals surface area contributed by atoms with Crippen LogP contribution in [0.5, 0.6) is 0 Å². The summed E-state index contributed by atoms with van der Waals surface area (Å²) >= 11 is 2.02. The molecule has 0 bridgehead atoms. The van der Waals surface area contributed by atoms with Gasteiger partial charge in [0.25, 0.3) is 0 Å². The average molecular weight is 285 g/mol. The van der Waals surface area contributed by atoms with Crippen LogP contribution in [0.3, 0.4) is 0 Å². The molecular formula is C18H23NS. The summed E-state index contributed by atoms with van der Waals surface area (Å²) in [6.07, 6.45) is 6.24. The Morgan fingerprint density at radius 1 is 1.10 bits per heavy atom. The summed E-state index contributed by atoms with van der Waals surface area (Å²) in [5, 5.41) is 7.33. The van der Waals surface area contributed by atoms with Crippen LogP contribution >= 0.6 is 11.8 Å². The SMILES string of the molecule is CSC1CCC(NC(C)c2ccc3ccccc3c2)C1. The van der Waals surface area contributed by atoms with Gasteiger partial charge in [-0.3, -0.25) is 0 Å². The summed E-state index contributed by atoms with van der Waals surface area (Å²) in [7, 11) is 0. The first-order valence-corrected chi connectivity index (χ1v) is 8.82. The molecular weight excluding hydrogens is 262 g/mol. The molecule has 1 N–H and O–H groups in total. The molecule has 2 heteroatoms. The summed E-state index contributed by atoms with van der Waals surface area (Å²) in [6, 6.07) is 16.5. The van der Waals surface area contributed by atoms with Crippen LogP contribution in [0.4, 0.5) is 0 Å². The smallest absolute Gasteiger partial charge is 0.0294 e. The van der Waals surface area contributed by atoms with Gasteiger partial charge in [0.05, 0.1) is 0 Å². The third kappa shape index (κ3) is 3.02. The Hall–Kier alpha value is -0.990. The van der Waals surface area contributed by atoms with Crippen LogP contribution in [-0.4, -0.2) is 17.5 Å². The third-order valence-electron chi connectivity index (χ3n) is 4.48. The van der Waals surface area contributed by atoms with E-state index < -0.39 is 0 Å². The van der Waals surface area contributed by atoms with E-state index in [1.807, 2.05) is 11.8 Å². The van der Waals surface area contributed by atoms with Gasteiger partial charge in [0.1, 0.15) is 0 Å². The number of hydrogen-bond acceptors (Lipinski definition) is 2. The number of benzene rings is 2. The molecule has 0 spiro atoms. The van der Waals surface area contributed by atoms with Crippen LogP contribution in [-0.2, 0) is 0 Å². The van der Waals surface area contributed by atoms with E-state index in [2.05, 4.69) is 61.0 Å². The normalized spacial score (nSPS) is 24.1. The van der Waals surface area contributed by atoms with Gasteiger partial charge in [0.2, 0.25) is 0 Å². The number of hydrogen-bond donors (Lipinski definition) is 1. The van der Waals surface area contributed by atoms with E-state index in [9.17, 15) is 0 Å². The van der Waals surface area contributed by atoms with E-state index in [4.69, 9.17) is 0 Å². The Morgan fingerprint density at radius 2 is 1.90 bits per heavy atom. The fourth-order valence-electron chi connectivity index (χ4n) is 3.23. The molecule has 1 fully saturated rings. The van der Waals surface area contributed by atoms with Gasteiger partial charge in [-0.2, -0.15) is 11.8 Å². The quantitative estimate of drug-likeness (QED) is 0.868. The van der Waals surface area contributed by atoms with Gasteiger partial charge in [0, 0.05) is 17.3 Å². The summed E-state index contributed by atoms with van der Waals surface area (Å²) in [5.41, 5.74) is 1.40. The van der Waals surface area contributed by atoms with Gasteiger partial charge >= 0.3 is 0 Å². The second-order valence-corrected chi connectivity index (χ2v) is 7.00. The van der Waals surface area contributed by atoms with Crippen molar-refractivity contribution in [2.75, 3.05) is 6.26 Å². The Morgan fingerprint density at radius 3 is 2.65 bits per heavy atom. The molecule has 106 valence electrons. The molecule has 3 rings (SSSR count). The Balaban J connectivity index is 1.70. The Labute approximate surface area is 126 Å². The number of rotatable bonds is 4. The summed E-state index contributed by atoms with van der Waals surface area (Å²) in [5.74, 6) is 0. The summed E-state index contributed by atoms with van der Waals surface area (Å²) in [6.45, 7) is 2.29. The molecule has 0 radical (unpaired) electrons. The van der Waals surface area contributed by atoms with Crippen molar-refractivity contribution in [3.63, 3.8) is 0 Å². The van der Waals surface area contributed by atoms with E-state index in [0.29, 0.717) is 12.1 Å². The van der Waals surface area contributed by atoms with Gasteiger partial charge in [-0.15, -0.1) is 0 Å². The van der Waals surface area contributed by atoms with Crippen molar-refractivity contribution in [2.45, 2.75) is 43.5 Å². The molecule has 20 heavy (non-hydrogen) atoms. The lowest BCUT2D eigenvalue weighted by Crippen LogP contribution is -2.29. The second-order valence-electron chi connectivity index (χ2n) is 5.86. The first-order chi connectivity index (χ1) is 9.76. The van der Waals surface area contributed by atoms with Gasteiger partial charge in [0.15, 0.2) is 0 Å². The standard InChI is InChI=1S/C18H23NS/c1-13(19-17-9-10-18(12-17)20-2)15-8-7-14-5-3-4-6-16(14)11-15/h3-8,11,13,17-19H,9-10,12H2,1-2H3. The molecule has 2 aromatic rings. The van der Waals surface area contributed by atoms with Gasteiger partial charge < -0.3 is 5.32 Å². The van der Waals surface area contributed by atoms with E-state index >= 15 is 0 Å². The molecule has 0 aromatic heterocycles. The Bertz CT molecular complexity index is 580. The van der Waals surface area contributed by atoms with Crippen molar-refractivity contribution < 1.29 is 0 Å². The highest BCUT2D eigenvalue weighted by Crippen LogP contribution is 2.30. The van der Waals surface area contributed by atoms with Crippen molar-refractivity contribution in [3.8, 4) is 0 Å². The van der Waals surface area contributed by atoms with E-state index in [1.165, 1.54) is 35.6 Å². The first kappa shape index (κ1) is 14.0. The highest BCUT2D eigenvalue weighted by atomic mass is 32.2. The molecule has 0 saturated heterocycles. The molecule has 0 aliphatic heterocycles. The minimum atomic E-state index is 0.435. The minimum Gasteiger partial charge on any atom is -0.307 e. The van der Waals surface area contributed by atoms with Crippen molar-refractivity contribution in [1.82, 2.24) is 5.32 Å². The van der Waals surface area contributed by atoms with Crippen LogP contribution in [0.1, 0.15) is 37.8 Å². The average Bonchev–Trinajstić information content (AvgIpc) is 2.94. The van der Waals surface area contributed by atoms with Crippen molar-refractivity contribution >= 4 is 22.5 Å². The van der Waals surface area contributed by atoms with Crippen molar-refractivity contribution in [2.24, 2.45) is 0 Å². The predicted molar refractivity (Wildman–Crippen MR) is 90.4 cm³/mol. The fraction of sp³-hybridized carbons (Fsp3) is 0.444. The maximum atomic E-state index is 3.81. The zero-order valence-corrected chi connectivity index (χ0v) is 13.1. The summed E-state index contributed by atoms with van der Waals surface area (Å²) < 4.78 is 0. The maximum absolute atomic E-state index is 3.81. The van der Waals surface area contributed by atoms with Gasteiger partial charge in [-0.25, -0.2) is 0 Å². The lowest BCUT2D eigenvalue weighted by Gasteiger charge is -2.20. The lowest BCUT2D eigenvalue weighted by atomic mass is 10.0. The molecule has 0 amide bonds. The minimum absolute atomic E-state index is 0.435. The second kappa shape index (κ2) is 6.19.